The molecule has 1 aliphatic carbocycles. The molecule has 6 heteroatoms. The van der Waals surface area contributed by atoms with Crippen molar-refractivity contribution >= 4 is 12.4 Å². The van der Waals surface area contributed by atoms with Crippen LogP contribution in [-0.4, -0.2) is 17.8 Å². The van der Waals surface area contributed by atoms with Gasteiger partial charge in [0.05, 0.1) is 12.1 Å². The largest absolute Gasteiger partial charge is 0.435 e. The Bertz CT molecular complexity index is 402. The lowest BCUT2D eigenvalue weighted by atomic mass is 9.77. The zero-order valence-electron chi connectivity index (χ0n) is 10.3. The van der Waals surface area contributed by atoms with Crippen LogP contribution in [0, 0.1) is 5.92 Å². The maximum Gasteiger partial charge on any atom is 0.387 e. The number of ether oxygens (including phenoxy) is 1. The Morgan fingerprint density at radius 1 is 1.32 bits per heavy atom. The van der Waals surface area contributed by atoms with Crippen molar-refractivity contribution in [3.8, 4) is 5.75 Å². The van der Waals surface area contributed by atoms with Gasteiger partial charge < -0.3 is 15.6 Å². The Hall–Kier alpha value is -0.910. The number of halogens is 3. The molecule has 1 aromatic carbocycles. The van der Waals surface area contributed by atoms with E-state index in [0.717, 1.165) is 19.3 Å². The molecule has 0 aliphatic heterocycles. The summed E-state index contributed by atoms with van der Waals surface area (Å²) in [7, 11) is 0. The minimum absolute atomic E-state index is 0. The van der Waals surface area contributed by atoms with E-state index in [2.05, 4.69) is 4.74 Å². The van der Waals surface area contributed by atoms with Crippen LogP contribution in [0.5, 0.6) is 5.75 Å². The van der Waals surface area contributed by atoms with Crippen molar-refractivity contribution in [2.24, 2.45) is 11.7 Å². The van der Waals surface area contributed by atoms with Gasteiger partial charge in [-0.15, -0.1) is 12.4 Å². The molecule has 0 heterocycles. The van der Waals surface area contributed by atoms with Gasteiger partial charge in [-0.25, -0.2) is 0 Å². The molecule has 0 aromatic heterocycles. The smallest absolute Gasteiger partial charge is 0.387 e. The summed E-state index contributed by atoms with van der Waals surface area (Å²) in [5, 5.41) is 10.0. The van der Waals surface area contributed by atoms with E-state index >= 15 is 0 Å². The SMILES string of the molecule is Cl.N[C@@H](c1cccc(OC(F)F)c1)[C@H](O)C1CCC1. The number of hydrogen-bond donors (Lipinski definition) is 2. The number of aliphatic hydroxyl groups excluding tert-OH is 1. The fraction of sp³-hybridized carbons (Fsp3) is 0.538. The van der Waals surface area contributed by atoms with Crippen LogP contribution in [-0.2, 0) is 0 Å². The number of alkyl halides is 2. The molecule has 0 radical (unpaired) electrons. The van der Waals surface area contributed by atoms with Gasteiger partial charge in [-0.3, -0.25) is 0 Å². The number of rotatable bonds is 5. The molecule has 1 fully saturated rings. The first-order chi connectivity index (χ1) is 8.58. The second-order valence-electron chi connectivity index (χ2n) is 4.66. The highest BCUT2D eigenvalue weighted by atomic mass is 35.5. The predicted molar refractivity (Wildman–Crippen MR) is 70.6 cm³/mol. The van der Waals surface area contributed by atoms with Crippen molar-refractivity contribution in [2.45, 2.75) is 38.0 Å². The normalized spacial score (nSPS) is 18.4. The summed E-state index contributed by atoms with van der Waals surface area (Å²) in [6.45, 7) is -2.85. The van der Waals surface area contributed by atoms with Crippen LogP contribution in [0.1, 0.15) is 30.9 Å². The Balaban J connectivity index is 0.00000180. The number of hydrogen-bond acceptors (Lipinski definition) is 3. The molecule has 1 saturated carbocycles. The second-order valence-corrected chi connectivity index (χ2v) is 4.66. The van der Waals surface area contributed by atoms with Crippen LogP contribution in [0.4, 0.5) is 8.78 Å². The molecule has 3 nitrogen and oxygen atoms in total. The lowest BCUT2D eigenvalue weighted by Crippen LogP contribution is -2.36. The molecule has 3 N–H and O–H groups in total. The first-order valence-corrected chi connectivity index (χ1v) is 6.06. The van der Waals surface area contributed by atoms with Crippen molar-refractivity contribution in [1.29, 1.82) is 0 Å². The van der Waals surface area contributed by atoms with E-state index in [0.29, 0.717) is 5.56 Å². The lowest BCUT2D eigenvalue weighted by Gasteiger charge is -2.33. The summed E-state index contributed by atoms with van der Waals surface area (Å²) in [6.07, 6.45) is 2.44. The number of nitrogens with two attached hydrogens (primary N) is 1. The zero-order chi connectivity index (χ0) is 13.1. The Labute approximate surface area is 117 Å². The molecule has 0 unspecified atom stereocenters. The van der Waals surface area contributed by atoms with Gasteiger partial charge >= 0.3 is 6.61 Å². The van der Waals surface area contributed by atoms with Crippen LogP contribution in [0.25, 0.3) is 0 Å². The first-order valence-electron chi connectivity index (χ1n) is 6.06. The number of benzene rings is 1. The third-order valence-corrected chi connectivity index (χ3v) is 3.47. The van der Waals surface area contributed by atoms with Gasteiger partial charge in [0.2, 0.25) is 0 Å². The molecule has 0 amide bonds. The van der Waals surface area contributed by atoms with Crippen molar-refractivity contribution in [3.63, 3.8) is 0 Å². The molecule has 1 aromatic rings. The summed E-state index contributed by atoms with van der Waals surface area (Å²) in [4.78, 5) is 0. The highest BCUT2D eigenvalue weighted by molar-refractivity contribution is 5.85. The van der Waals surface area contributed by atoms with E-state index in [1.165, 1.54) is 12.1 Å². The van der Waals surface area contributed by atoms with Crippen LogP contribution >= 0.6 is 12.4 Å². The predicted octanol–water partition coefficient (Wildman–Crippen LogP) is 2.87. The third-order valence-electron chi connectivity index (χ3n) is 3.47. The molecule has 0 bridgehead atoms. The minimum Gasteiger partial charge on any atom is -0.435 e. The van der Waals surface area contributed by atoms with Crippen LogP contribution < -0.4 is 10.5 Å². The van der Waals surface area contributed by atoms with Crippen molar-refractivity contribution in [2.75, 3.05) is 0 Å². The fourth-order valence-corrected chi connectivity index (χ4v) is 2.17. The van der Waals surface area contributed by atoms with E-state index in [4.69, 9.17) is 5.73 Å². The summed E-state index contributed by atoms with van der Waals surface area (Å²) in [6, 6.07) is 5.65. The molecular weight excluding hydrogens is 276 g/mol. The van der Waals surface area contributed by atoms with Gasteiger partial charge in [-0.1, -0.05) is 18.6 Å². The summed E-state index contributed by atoms with van der Waals surface area (Å²) in [5.74, 6) is 0.290. The molecule has 108 valence electrons. The van der Waals surface area contributed by atoms with E-state index in [1.807, 2.05) is 0 Å². The molecule has 0 spiro atoms. The molecule has 1 aliphatic rings. The van der Waals surface area contributed by atoms with Crippen molar-refractivity contribution in [3.05, 3.63) is 29.8 Å². The lowest BCUT2D eigenvalue weighted by molar-refractivity contribution is -0.0499. The molecule has 19 heavy (non-hydrogen) atoms. The van der Waals surface area contributed by atoms with Crippen LogP contribution in [0.2, 0.25) is 0 Å². The molecule has 2 atom stereocenters. The average molecular weight is 294 g/mol. The quantitative estimate of drug-likeness (QED) is 0.878. The Morgan fingerprint density at radius 3 is 2.53 bits per heavy atom. The maximum absolute atomic E-state index is 12.1. The fourth-order valence-electron chi connectivity index (χ4n) is 2.17. The summed E-state index contributed by atoms with van der Waals surface area (Å²) in [5.41, 5.74) is 6.57. The second kappa shape index (κ2) is 7.03. The maximum atomic E-state index is 12.1. The highest BCUT2D eigenvalue weighted by Crippen LogP contribution is 2.34. The van der Waals surface area contributed by atoms with E-state index in [-0.39, 0.29) is 24.1 Å². The summed E-state index contributed by atoms with van der Waals surface area (Å²) < 4.78 is 28.5. The summed E-state index contributed by atoms with van der Waals surface area (Å²) >= 11 is 0. The van der Waals surface area contributed by atoms with E-state index in [1.54, 1.807) is 12.1 Å². The van der Waals surface area contributed by atoms with E-state index < -0.39 is 18.8 Å². The monoisotopic (exact) mass is 293 g/mol. The minimum atomic E-state index is -2.85. The van der Waals surface area contributed by atoms with Gasteiger partial charge in [0.1, 0.15) is 5.75 Å². The zero-order valence-corrected chi connectivity index (χ0v) is 11.2. The van der Waals surface area contributed by atoms with Gasteiger partial charge in [0, 0.05) is 0 Å². The molecule has 2 rings (SSSR count). The van der Waals surface area contributed by atoms with Gasteiger partial charge in [0.15, 0.2) is 0 Å². The van der Waals surface area contributed by atoms with Gasteiger partial charge in [-0.2, -0.15) is 8.78 Å². The van der Waals surface area contributed by atoms with Crippen molar-refractivity contribution < 1.29 is 18.6 Å². The van der Waals surface area contributed by atoms with Gasteiger partial charge in [0.25, 0.3) is 0 Å². The molecule has 0 saturated heterocycles. The number of aliphatic hydroxyl groups is 1. The van der Waals surface area contributed by atoms with E-state index in [9.17, 15) is 13.9 Å². The van der Waals surface area contributed by atoms with Crippen molar-refractivity contribution in [1.82, 2.24) is 0 Å². The highest BCUT2D eigenvalue weighted by Gasteiger charge is 2.30. The standard InChI is InChI=1S/C13H17F2NO2.ClH/c14-13(15)18-10-6-2-5-9(7-10)11(16)12(17)8-3-1-4-8;/h2,5-8,11-13,17H,1,3-4,16H2;1H/t11-,12+;/m0./s1. The average Bonchev–Trinajstić information content (AvgIpc) is 2.25. The van der Waals surface area contributed by atoms with Crippen LogP contribution in [0.3, 0.4) is 0 Å². The van der Waals surface area contributed by atoms with Crippen LogP contribution in [0.15, 0.2) is 24.3 Å². The van der Waals surface area contributed by atoms with Gasteiger partial charge in [-0.05, 0) is 36.5 Å². The third kappa shape index (κ3) is 4.03. The Morgan fingerprint density at radius 2 is 2.00 bits per heavy atom. The molecular formula is C13H18ClF2NO2. The first kappa shape index (κ1) is 16.1. The Kier molecular flexibility index (Phi) is 5.97. The topological polar surface area (TPSA) is 55.5 Å².